The lowest BCUT2D eigenvalue weighted by Gasteiger charge is -2.22. The van der Waals surface area contributed by atoms with Crippen LogP contribution in [0.25, 0.3) is 0 Å². The Morgan fingerprint density at radius 2 is 1.88 bits per heavy atom. The minimum atomic E-state index is -3.33. The van der Waals surface area contributed by atoms with E-state index >= 15 is 0 Å². The van der Waals surface area contributed by atoms with Crippen molar-refractivity contribution in [3.05, 3.63) is 0 Å². The van der Waals surface area contributed by atoms with Gasteiger partial charge in [-0.2, -0.15) is 0 Å². The Hall–Kier alpha value is -0.130. The van der Waals surface area contributed by atoms with Gasteiger partial charge in [0.15, 0.2) is 5.96 Å². The van der Waals surface area contributed by atoms with Crippen LogP contribution in [0.4, 0.5) is 0 Å². The molecule has 1 unspecified atom stereocenters. The lowest BCUT2D eigenvalue weighted by atomic mass is 10.1. The number of rotatable bonds is 6. The number of sulfonamides is 1. The first-order chi connectivity index (χ1) is 11.1. The van der Waals surface area contributed by atoms with Crippen molar-refractivity contribution < 1.29 is 13.2 Å². The first kappa shape index (κ1) is 21.9. The van der Waals surface area contributed by atoms with E-state index in [1.165, 1.54) is 12.8 Å². The maximum atomic E-state index is 12.0. The summed E-state index contributed by atoms with van der Waals surface area (Å²) in [5.74, 6) is 0.437. The van der Waals surface area contributed by atoms with E-state index in [0.29, 0.717) is 12.5 Å². The van der Waals surface area contributed by atoms with Gasteiger partial charge in [-0.05, 0) is 32.1 Å². The van der Waals surface area contributed by atoms with E-state index in [4.69, 9.17) is 10.5 Å². The quantitative estimate of drug-likeness (QED) is 0.344. The van der Waals surface area contributed by atoms with Crippen LogP contribution in [0.1, 0.15) is 44.9 Å². The molecule has 0 aromatic carbocycles. The molecule has 2 saturated heterocycles. The Morgan fingerprint density at radius 3 is 2.50 bits per heavy atom. The van der Waals surface area contributed by atoms with Crippen molar-refractivity contribution in [1.82, 2.24) is 9.62 Å². The maximum Gasteiger partial charge on any atom is 0.213 e. The third-order valence-corrected chi connectivity index (χ3v) is 5.70. The number of hydrogen-bond acceptors (Lipinski definition) is 4. The highest BCUT2D eigenvalue weighted by molar-refractivity contribution is 14.0. The molecule has 2 heterocycles. The average molecular weight is 474 g/mol. The summed E-state index contributed by atoms with van der Waals surface area (Å²) in [5.41, 5.74) is 5.98. The third-order valence-electron chi connectivity index (χ3n) is 4.37. The van der Waals surface area contributed by atoms with Crippen LogP contribution in [0, 0.1) is 0 Å². The van der Waals surface area contributed by atoms with Gasteiger partial charge in [0.2, 0.25) is 10.0 Å². The van der Waals surface area contributed by atoms with Gasteiger partial charge in [-0.15, -0.1) is 24.0 Å². The lowest BCUT2D eigenvalue weighted by Crippen LogP contribution is -2.39. The van der Waals surface area contributed by atoms with Crippen molar-refractivity contribution >= 4 is 40.0 Å². The highest BCUT2D eigenvalue weighted by Crippen LogP contribution is 2.12. The zero-order chi connectivity index (χ0) is 16.5. The van der Waals surface area contributed by atoms with Crippen LogP contribution >= 0.6 is 24.0 Å². The van der Waals surface area contributed by atoms with Crippen LogP contribution in [0.5, 0.6) is 0 Å². The summed E-state index contributed by atoms with van der Waals surface area (Å²) in [6.07, 6.45) is 7.79. The number of guanidine groups is 1. The van der Waals surface area contributed by atoms with E-state index in [1.54, 1.807) is 0 Å². The lowest BCUT2D eigenvalue weighted by molar-refractivity contribution is 0.0200. The summed E-state index contributed by atoms with van der Waals surface area (Å²) in [6, 6.07) is 0. The van der Waals surface area contributed by atoms with E-state index in [2.05, 4.69) is 14.6 Å². The van der Waals surface area contributed by atoms with E-state index in [9.17, 15) is 8.42 Å². The van der Waals surface area contributed by atoms with Gasteiger partial charge in [0.25, 0.3) is 0 Å². The van der Waals surface area contributed by atoms with Crippen LogP contribution in [0.2, 0.25) is 0 Å². The Kier molecular flexibility index (Phi) is 10.5. The topological polar surface area (TPSA) is 97.0 Å². The molecular formula is C15H31IN4O3S. The van der Waals surface area contributed by atoms with Gasteiger partial charge in [0.1, 0.15) is 0 Å². The van der Waals surface area contributed by atoms with E-state index in [-0.39, 0.29) is 42.4 Å². The molecule has 0 bridgehead atoms. The molecule has 0 amide bonds. The molecule has 2 fully saturated rings. The number of nitrogens with two attached hydrogens (primary N) is 1. The molecule has 2 aliphatic heterocycles. The summed E-state index contributed by atoms with van der Waals surface area (Å²) in [5, 5.41) is 0. The van der Waals surface area contributed by atoms with Crippen LogP contribution in [0.3, 0.4) is 0 Å². The molecule has 3 N–H and O–H groups in total. The fourth-order valence-corrected chi connectivity index (χ4v) is 3.86. The second kappa shape index (κ2) is 11.5. The van der Waals surface area contributed by atoms with Crippen molar-refractivity contribution in [3.63, 3.8) is 0 Å². The van der Waals surface area contributed by atoms with Gasteiger partial charge < -0.3 is 15.4 Å². The fraction of sp³-hybridized carbons (Fsp3) is 0.933. The number of aliphatic imine (C=N–C) groups is 1. The average Bonchev–Trinajstić information content (AvgIpc) is 2.83. The largest absolute Gasteiger partial charge is 0.377 e. The second-order valence-electron chi connectivity index (χ2n) is 6.30. The molecule has 2 rings (SSSR count). The molecule has 0 aromatic heterocycles. The smallest absolute Gasteiger partial charge is 0.213 e. The van der Waals surface area contributed by atoms with Crippen LogP contribution < -0.4 is 10.5 Å². The minimum absolute atomic E-state index is 0. The van der Waals surface area contributed by atoms with Crippen molar-refractivity contribution in [2.45, 2.75) is 51.0 Å². The molecule has 0 saturated carbocycles. The monoisotopic (exact) mass is 474 g/mol. The molecule has 9 heteroatoms. The summed E-state index contributed by atoms with van der Waals surface area (Å²) >= 11 is 0. The van der Waals surface area contributed by atoms with Crippen molar-refractivity contribution in [3.8, 4) is 0 Å². The molecule has 0 spiro atoms. The Labute approximate surface area is 162 Å². The Morgan fingerprint density at radius 1 is 1.17 bits per heavy atom. The SMILES string of the molecule is I.NC(=NCCS(=O)(=O)NCC1CCCCO1)N1CCCCCC1. The molecule has 2 aliphatic rings. The summed E-state index contributed by atoms with van der Waals surface area (Å²) in [4.78, 5) is 6.30. The minimum Gasteiger partial charge on any atom is -0.377 e. The molecule has 1 atom stereocenters. The molecule has 142 valence electrons. The van der Waals surface area contributed by atoms with Gasteiger partial charge in [-0.3, -0.25) is 4.99 Å². The molecule has 7 nitrogen and oxygen atoms in total. The number of nitrogens with zero attached hydrogens (tertiary/aromatic N) is 2. The van der Waals surface area contributed by atoms with Gasteiger partial charge in [0.05, 0.1) is 18.4 Å². The first-order valence-corrected chi connectivity index (χ1v) is 10.4. The highest BCUT2D eigenvalue weighted by Gasteiger charge is 2.17. The van der Waals surface area contributed by atoms with Crippen molar-refractivity contribution in [1.29, 1.82) is 0 Å². The number of ether oxygens (including phenoxy) is 1. The fourth-order valence-electron chi connectivity index (χ4n) is 2.94. The summed E-state index contributed by atoms with van der Waals surface area (Å²) in [7, 11) is -3.33. The molecule has 0 aliphatic carbocycles. The van der Waals surface area contributed by atoms with Crippen LogP contribution in [-0.2, 0) is 14.8 Å². The predicted molar refractivity (Wildman–Crippen MR) is 107 cm³/mol. The normalized spacial score (nSPS) is 23.4. The molecule has 0 radical (unpaired) electrons. The van der Waals surface area contributed by atoms with E-state index in [0.717, 1.165) is 51.8 Å². The van der Waals surface area contributed by atoms with Crippen molar-refractivity contribution in [2.75, 3.05) is 38.5 Å². The molecular weight excluding hydrogens is 443 g/mol. The number of likely N-dealkylation sites (tertiary alicyclic amines) is 1. The van der Waals surface area contributed by atoms with Gasteiger partial charge >= 0.3 is 0 Å². The zero-order valence-electron chi connectivity index (χ0n) is 14.3. The molecule has 0 aromatic rings. The van der Waals surface area contributed by atoms with Gasteiger partial charge in [0, 0.05) is 26.2 Å². The second-order valence-corrected chi connectivity index (χ2v) is 8.22. The molecule has 24 heavy (non-hydrogen) atoms. The van der Waals surface area contributed by atoms with Crippen LogP contribution in [0.15, 0.2) is 4.99 Å². The van der Waals surface area contributed by atoms with Gasteiger partial charge in [-0.25, -0.2) is 13.1 Å². The maximum absolute atomic E-state index is 12.0. The predicted octanol–water partition coefficient (Wildman–Crippen LogP) is 1.28. The van der Waals surface area contributed by atoms with E-state index in [1.807, 2.05) is 0 Å². The number of nitrogens with one attached hydrogen (secondary N) is 1. The van der Waals surface area contributed by atoms with Crippen LogP contribution in [-0.4, -0.2) is 63.9 Å². The summed E-state index contributed by atoms with van der Waals surface area (Å²) in [6.45, 7) is 3.11. The zero-order valence-corrected chi connectivity index (χ0v) is 17.4. The summed E-state index contributed by atoms with van der Waals surface area (Å²) < 4.78 is 32.1. The standard InChI is InChI=1S/C15H30N4O3S.HI/c16-15(19-9-4-1-2-5-10-19)17-8-12-23(20,21)18-13-14-7-3-6-11-22-14;/h14,18H,1-13H2,(H2,16,17);1H. The Bertz CT molecular complexity index is 473. The number of hydrogen-bond donors (Lipinski definition) is 2. The van der Waals surface area contributed by atoms with Gasteiger partial charge in [-0.1, -0.05) is 12.8 Å². The third kappa shape index (κ3) is 8.30. The number of halogens is 1. The highest BCUT2D eigenvalue weighted by atomic mass is 127. The first-order valence-electron chi connectivity index (χ1n) is 8.71. The Balaban J connectivity index is 0.00000288. The van der Waals surface area contributed by atoms with Crippen molar-refractivity contribution in [2.24, 2.45) is 10.7 Å². The van der Waals surface area contributed by atoms with E-state index < -0.39 is 10.0 Å².